The second-order valence-electron chi connectivity index (χ2n) is 5.96. The molecule has 126 valence electrons. The number of benzene rings is 1. The van der Waals surface area contributed by atoms with Crippen LogP contribution in [0, 0.1) is 12.8 Å². The molecule has 1 aliphatic rings. The van der Waals surface area contributed by atoms with Gasteiger partial charge in [-0.15, -0.1) is 0 Å². The van der Waals surface area contributed by atoms with Crippen molar-refractivity contribution in [3.8, 4) is 0 Å². The van der Waals surface area contributed by atoms with Gasteiger partial charge in [-0.2, -0.15) is 0 Å². The van der Waals surface area contributed by atoms with Crippen molar-refractivity contribution in [1.29, 1.82) is 0 Å². The van der Waals surface area contributed by atoms with Crippen molar-refractivity contribution < 1.29 is 9.59 Å². The Kier molecular flexibility index (Phi) is 6.86. The first-order valence-electron chi connectivity index (χ1n) is 8.08. The topological polar surface area (TPSA) is 70.2 Å². The molecule has 2 rings (SSSR count). The maximum Gasteiger partial charge on any atom is 0.226 e. The molecule has 1 unspecified atom stereocenters. The predicted molar refractivity (Wildman–Crippen MR) is 92.7 cm³/mol. The van der Waals surface area contributed by atoms with E-state index in [0.29, 0.717) is 29.6 Å². The molecule has 0 saturated carbocycles. The summed E-state index contributed by atoms with van der Waals surface area (Å²) in [4.78, 5) is 23.7. The van der Waals surface area contributed by atoms with Gasteiger partial charge in [0, 0.05) is 30.1 Å². The second kappa shape index (κ2) is 8.89. The number of halogens is 1. The van der Waals surface area contributed by atoms with Crippen LogP contribution >= 0.6 is 11.6 Å². The molecule has 1 saturated heterocycles. The van der Waals surface area contributed by atoms with Crippen LogP contribution in [-0.4, -0.2) is 31.4 Å². The molecule has 0 radical (unpaired) electrons. The van der Waals surface area contributed by atoms with Gasteiger partial charge in [-0.25, -0.2) is 0 Å². The molecule has 1 heterocycles. The first-order chi connectivity index (χ1) is 11.1. The average molecular weight is 338 g/mol. The molecule has 0 aromatic heterocycles. The number of hydrogen-bond donors (Lipinski definition) is 3. The third-order valence-electron chi connectivity index (χ3n) is 4.16. The molecule has 1 aromatic carbocycles. The van der Waals surface area contributed by atoms with E-state index in [1.54, 1.807) is 12.1 Å². The highest BCUT2D eigenvalue weighted by molar-refractivity contribution is 6.31. The summed E-state index contributed by atoms with van der Waals surface area (Å²) in [5.74, 6) is 0.495. The summed E-state index contributed by atoms with van der Waals surface area (Å²) < 4.78 is 0. The monoisotopic (exact) mass is 337 g/mol. The molecular formula is C17H24ClN3O2. The Bertz CT molecular complexity index is 557. The Labute approximate surface area is 142 Å². The highest BCUT2D eigenvalue weighted by Crippen LogP contribution is 2.22. The number of carbonyl (C=O) groups is 2. The predicted octanol–water partition coefficient (Wildman–Crippen LogP) is 2.48. The fourth-order valence-corrected chi connectivity index (χ4v) is 2.83. The van der Waals surface area contributed by atoms with Gasteiger partial charge in [0.2, 0.25) is 11.8 Å². The van der Waals surface area contributed by atoms with Crippen molar-refractivity contribution in [1.82, 2.24) is 10.6 Å². The summed E-state index contributed by atoms with van der Waals surface area (Å²) in [6, 6.07) is 5.39. The van der Waals surface area contributed by atoms with Crippen LogP contribution in [0.4, 0.5) is 5.69 Å². The standard InChI is InChI=1S/C17H24ClN3O2/c1-12-14(18)3-2-4-15(12)21-17(23)8-10-20-16(22)6-5-13-7-9-19-11-13/h2-4,13,19H,5-11H2,1H3,(H,20,22)(H,21,23). The van der Waals surface area contributed by atoms with E-state index in [0.717, 1.165) is 31.5 Å². The van der Waals surface area contributed by atoms with Crippen LogP contribution in [0.25, 0.3) is 0 Å². The fraction of sp³-hybridized carbons (Fsp3) is 0.529. The molecule has 5 nitrogen and oxygen atoms in total. The highest BCUT2D eigenvalue weighted by atomic mass is 35.5. The molecule has 3 N–H and O–H groups in total. The number of nitrogens with one attached hydrogen (secondary N) is 3. The minimum atomic E-state index is -0.129. The number of hydrogen-bond acceptors (Lipinski definition) is 3. The highest BCUT2D eigenvalue weighted by Gasteiger charge is 2.15. The van der Waals surface area contributed by atoms with E-state index in [9.17, 15) is 9.59 Å². The quantitative estimate of drug-likeness (QED) is 0.716. The Morgan fingerprint density at radius 1 is 1.30 bits per heavy atom. The lowest BCUT2D eigenvalue weighted by Gasteiger charge is -2.10. The van der Waals surface area contributed by atoms with Gasteiger partial charge in [-0.1, -0.05) is 17.7 Å². The van der Waals surface area contributed by atoms with E-state index in [1.807, 2.05) is 13.0 Å². The molecule has 0 spiro atoms. The van der Waals surface area contributed by atoms with Crippen LogP contribution in [0.3, 0.4) is 0 Å². The summed E-state index contributed by atoms with van der Waals surface area (Å²) in [6.07, 6.45) is 2.84. The molecular weight excluding hydrogens is 314 g/mol. The zero-order valence-electron chi connectivity index (χ0n) is 13.5. The van der Waals surface area contributed by atoms with Crippen LogP contribution in [-0.2, 0) is 9.59 Å². The normalized spacial score (nSPS) is 17.0. The molecule has 1 atom stereocenters. The molecule has 0 bridgehead atoms. The SMILES string of the molecule is Cc1c(Cl)cccc1NC(=O)CCNC(=O)CCC1CCNC1. The molecule has 6 heteroatoms. The molecule has 1 aliphatic heterocycles. The van der Waals surface area contributed by atoms with E-state index in [1.165, 1.54) is 0 Å². The lowest BCUT2D eigenvalue weighted by molar-refractivity contribution is -0.121. The number of amides is 2. The van der Waals surface area contributed by atoms with Gasteiger partial charge in [-0.3, -0.25) is 9.59 Å². The van der Waals surface area contributed by atoms with E-state index in [-0.39, 0.29) is 18.2 Å². The summed E-state index contributed by atoms with van der Waals surface area (Å²) >= 11 is 6.02. The summed E-state index contributed by atoms with van der Waals surface area (Å²) in [6.45, 7) is 4.27. The molecule has 1 fully saturated rings. The average Bonchev–Trinajstić information content (AvgIpc) is 3.03. The van der Waals surface area contributed by atoms with Crippen molar-refractivity contribution >= 4 is 29.1 Å². The first kappa shape index (κ1) is 17.8. The van der Waals surface area contributed by atoms with Crippen molar-refractivity contribution in [2.24, 2.45) is 5.92 Å². The second-order valence-corrected chi connectivity index (χ2v) is 6.37. The minimum absolute atomic E-state index is 0.0173. The van der Waals surface area contributed by atoms with Crippen LogP contribution in [0.1, 0.15) is 31.2 Å². The van der Waals surface area contributed by atoms with Crippen molar-refractivity contribution in [2.45, 2.75) is 32.6 Å². The van der Waals surface area contributed by atoms with E-state index < -0.39 is 0 Å². The smallest absolute Gasteiger partial charge is 0.226 e. The first-order valence-corrected chi connectivity index (χ1v) is 8.46. The van der Waals surface area contributed by atoms with Gasteiger partial charge in [-0.05, 0) is 56.5 Å². The van der Waals surface area contributed by atoms with Crippen LogP contribution in [0.5, 0.6) is 0 Å². The zero-order valence-corrected chi connectivity index (χ0v) is 14.2. The van der Waals surface area contributed by atoms with Crippen molar-refractivity contribution in [3.63, 3.8) is 0 Å². The number of anilines is 1. The van der Waals surface area contributed by atoms with Gasteiger partial charge in [0.15, 0.2) is 0 Å². The van der Waals surface area contributed by atoms with E-state index in [4.69, 9.17) is 11.6 Å². The van der Waals surface area contributed by atoms with Gasteiger partial charge >= 0.3 is 0 Å². The third-order valence-corrected chi connectivity index (χ3v) is 4.57. The summed E-state index contributed by atoms with van der Waals surface area (Å²) in [5, 5.41) is 9.54. The van der Waals surface area contributed by atoms with Crippen LogP contribution in [0.2, 0.25) is 5.02 Å². The number of rotatable bonds is 7. The van der Waals surface area contributed by atoms with Crippen molar-refractivity contribution in [3.05, 3.63) is 28.8 Å². The largest absolute Gasteiger partial charge is 0.356 e. The minimum Gasteiger partial charge on any atom is -0.356 e. The molecule has 1 aromatic rings. The summed E-state index contributed by atoms with van der Waals surface area (Å²) in [7, 11) is 0. The van der Waals surface area contributed by atoms with Gasteiger partial charge in [0.25, 0.3) is 0 Å². The Morgan fingerprint density at radius 3 is 2.87 bits per heavy atom. The van der Waals surface area contributed by atoms with Gasteiger partial charge in [0.05, 0.1) is 0 Å². The lowest BCUT2D eigenvalue weighted by Crippen LogP contribution is -2.28. The van der Waals surface area contributed by atoms with Crippen molar-refractivity contribution in [2.75, 3.05) is 25.0 Å². The lowest BCUT2D eigenvalue weighted by atomic mass is 10.0. The van der Waals surface area contributed by atoms with Gasteiger partial charge in [0.1, 0.15) is 0 Å². The number of carbonyl (C=O) groups excluding carboxylic acids is 2. The van der Waals surface area contributed by atoms with Crippen LogP contribution in [0.15, 0.2) is 18.2 Å². The molecule has 2 amide bonds. The zero-order chi connectivity index (χ0) is 16.7. The van der Waals surface area contributed by atoms with E-state index in [2.05, 4.69) is 16.0 Å². The summed E-state index contributed by atoms with van der Waals surface area (Å²) in [5.41, 5.74) is 1.55. The maximum absolute atomic E-state index is 11.9. The Balaban J connectivity index is 1.64. The van der Waals surface area contributed by atoms with E-state index >= 15 is 0 Å². The Hall–Kier alpha value is -1.59. The Morgan fingerprint density at radius 2 is 2.13 bits per heavy atom. The van der Waals surface area contributed by atoms with Gasteiger partial charge < -0.3 is 16.0 Å². The maximum atomic E-state index is 11.9. The fourth-order valence-electron chi connectivity index (χ4n) is 2.66. The molecule has 0 aliphatic carbocycles. The third kappa shape index (κ3) is 5.84. The van der Waals surface area contributed by atoms with Crippen LogP contribution < -0.4 is 16.0 Å². The molecule has 23 heavy (non-hydrogen) atoms.